The molecule has 0 saturated carbocycles. The lowest BCUT2D eigenvalue weighted by molar-refractivity contribution is 0.171. The highest BCUT2D eigenvalue weighted by Gasteiger charge is 2.21. The van der Waals surface area contributed by atoms with Crippen molar-refractivity contribution in [1.82, 2.24) is 19.7 Å². The molecule has 1 aliphatic heterocycles. The minimum Gasteiger partial charge on any atom is -0.486 e. The molecule has 5 rings (SSSR count). The Hall–Kier alpha value is -2.78. The molecule has 0 amide bonds. The van der Waals surface area contributed by atoms with Crippen molar-refractivity contribution in [2.45, 2.75) is 30.8 Å². The van der Waals surface area contributed by atoms with Gasteiger partial charge in [0.2, 0.25) is 5.89 Å². The van der Waals surface area contributed by atoms with Gasteiger partial charge >= 0.3 is 0 Å². The minimum absolute atomic E-state index is 0.0213. The number of hydrogen-bond acceptors (Lipinski definition) is 8. The quantitative estimate of drug-likeness (QED) is 0.376. The second kappa shape index (κ2) is 8.16. The average molecular weight is 441 g/mol. The van der Waals surface area contributed by atoms with Crippen LogP contribution in [0.5, 0.6) is 11.5 Å². The lowest BCUT2D eigenvalue weighted by atomic mass is 10.1. The van der Waals surface area contributed by atoms with Gasteiger partial charge in [0.15, 0.2) is 16.7 Å². The molecule has 0 aliphatic carbocycles. The second-order valence-electron chi connectivity index (χ2n) is 6.71. The summed E-state index contributed by atoms with van der Waals surface area (Å²) in [4.78, 5) is 5.64. The average Bonchev–Trinajstić information content (AvgIpc) is 3.53. The topological polar surface area (TPSA) is 75.2 Å². The van der Waals surface area contributed by atoms with E-state index in [9.17, 15) is 0 Å². The second-order valence-corrected chi connectivity index (χ2v) is 8.97. The van der Waals surface area contributed by atoms with Crippen LogP contribution in [0, 0.1) is 0 Å². The van der Waals surface area contributed by atoms with E-state index in [0.717, 1.165) is 39.3 Å². The van der Waals surface area contributed by atoms with Crippen LogP contribution in [0.2, 0.25) is 0 Å². The van der Waals surface area contributed by atoms with Crippen LogP contribution >= 0.6 is 23.1 Å². The van der Waals surface area contributed by atoms with Crippen LogP contribution < -0.4 is 9.47 Å². The van der Waals surface area contributed by atoms with Crippen molar-refractivity contribution in [3.63, 3.8) is 0 Å². The molecule has 0 fully saturated rings. The summed E-state index contributed by atoms with van der Waals surface area (Å²) in [6, 6.07) is 9.96. The van der Waals surface area contributed by atoms with Gasteiger partial charge in [0, 0.05) is 12.1 Å². The Balaban J connectivity index is 1.39. The number of benzene rings is 1. The molecule has 1 unspecified atom stereocenters. The lowest BCUT2D eigenvalue weighted by Gasteiger charge is -2.19. The van der Waals surface area contributed by atoms with Crippen molar-refractivity contribution in [2.75, 3.05) is 13.2 Å². The Labute approximate surface area is 182 Å². The highest BCUT2D eigenvalue weighted by atomic mass is 32.2. The van der Waals surface area contributed by atoms with Gasteiger partial charge in [0.25, 0.3) is 5.89 Å². The van der Waals surface area contributed by atoms with E-state index in [0.29, 0.717) is 25.0 Å². The summed E-state index contributed by atoms with van der Waals surface area (Å²) < 4.78 is 19.4. The van der Waals surface area contributed by atoms with Gasteiger partial charge in [-0.2, -0.15) is 0 Å². The largest absolute Gasteiger partial charge is 0.486 e. The zero-order chi connectivity index (χ0) is 20.5. The van der Waals surface area contributed by atoms with Gasteiger partial charge in [-0.05, 0) is 43.5 Å². The molecule has 1 atom stereocenters. The summed E-state index contributed by atoms with van der Waals surface area (Å²) >= 11 is 3.19. The molecule has 9 heteroatoms. The Kier molecular flexibility index (Phi) is 5.22. The van der Waals surface area contributed by atoms with Gasteiger partial charge in [-0.25, -0.2) is 4.98 Å². The first kappa shape index (κ1) is 19.2. The van der Waals surface area contributed by atoms with Crippen LogP contribution in [0.4, 0.5) is 0 Å². The molecule has 0 saturated heterocycles. The molecule has 4 aromatic rings. The first-order chi connectivity index (χ1) is 14.7. The summed E-state index contributed by atoms with van der Waals surface area (Å²) in [6.07, 6.45) is 1.90. The number of rotatable bonds is 6. The predicted molar refractivity (Wildman–Crippen MR) is 116 cm³/mol. The van der Waals surface area contributed by atoms with Gasteiger partial charge < -0.3 is 18.5 Å². The van der Waals surface area contributed by atoms with E-state index in [4.69, 9.17) is 13.9 Å². The number of thioether (sulfide) groups is 1. The van der Waals surface area contributed by atoms with Gasteiger partial charge in [0.1, 0.15) is 13.2 Å². The molecule has 0 radical (unpaired) electrons. The Morgan fingerprint density at radius 1 is 1.17 bits per heavy atom. The van der Waals surface area contributed by atoms with Gasteiger partial charge in [-0.15, -0.1) is 21.5 Å². The summed E-state index contributed by atoms with van der Waals surface area (Å²) in [7, 11) is 0. The molecular formula is C21H20N4O3S2. The van der Waals surface area contributed by atoms with Crippen LogP contribution in [0.15, 0.2) is 51.5 Å². The van der Waals surface area contributed by atoms with E-state index >= 15 is 0 Å². The fourth-order valence-corrected chi connectivity index (χ4v) is 4.92. The van der Waals surface area contributed by atoms with E-state index in [1.165, 1.54) is 0 Å². The molecule has 1 aromatic carbocycles. The predicted octanol–water partition coefficient (Wildman–Crippen LogP) is 5.31. The molecule has 154 valence electrons. The van der Waals surface area contributed by atoms with E-state index in [1.54, 1.807) is 23.1 Å². The van der Waals surface area contributed by atoms with Crippen molar-refractivity contribution in [1.29, 1.82) is 0 Å². The molecule has 0 N–H and O–H groups in total. The smallest absolute Gasteiger partial charge is 0.257 e. The van der Waals surface area contributed by atoms with Gasteiger partial charge in [-0.1, -0.05) is 17.8 Å². The molecule has 0 spiro atoms. The minimum atomic E-state index is -0.0213. The summed E-state index contributed by atoms with van der Waals surface area (Å²) in [5.74, 6) is 2.71. The summed E-state index contributed by atoms with van der Waals surface area (Å²) in [5.41, 5.74) is 2.08. The number of fused-ring (bicyclic) bond motifs is 1. The number of thiophene rings is 1. The third-order valence-corrected chi connectivity index (χ3v) is 6.73. The van der Waals surface area contributed by atoms with E-state index in [-0.39, 0.29) is 5.25 Å². The molecular weight excluding hydrogens is 420 g/mol. The van der Waals surface area contributed by atoms with Crippen molar-refractivity contribution in [3.05, 3.63) is 47.8 Å². The van der Waals surface area contributed by atoms with Crippen LogP contribution in [-0.2, 0) is 6.54 Å². The lowest BCUT2D eigenvalue weighted by Crippen LogP contribution is -2.15. The highest BCUT2D eigenvalue weighted by molar-refractivity contribution is 7.99. The third kappa shape index (κ3) is 3.59. The monoisotopic (exact) mass is 440 g/mol. The summed E-state index contributed by atoms with van der Waals surface area (Å²) in [5, 5.41) is 11.3. The van der Waals surface area contributed by atoms with Crippen molar-refractivity contribution >= 4 is 23.1 Å². The van der Waals surface area contributed by atoms with Gasteiger partial charge in [0.05, 0.1) is 22.0 Å². The fraction of sp³-hybridized carbons (Fsp3) is 0.286. The number of imidazole rings is 1. The maximum Gasteiger partial charge on any atom is 0.257 e. The number of aromatic nitrogens is 4. The number of ether oxygens (including phenoxy) is 2. The fourth-order valence-electron chi connectivity index (χ4n) is 3.30. The van der Waals surface area contributed by atoms with Crippen LogP contribution in [-0.4, -0.2) is 33.0 Å². The van der Waals surface area contributed by atoms with E-state index < -0.39 is 0 Å². The Morgan fingerprint density at radius 2 is 2.03 bits per heavy atom. The van der Waals surface area contributed by atoms with Crippen LogP contribution in [0.1, 0.15) is 25.0 Å². The summed E-state index contributed by atoms with van der Waals surface area (Å²) in [6.45, 7) is 6.11. The zero-order valence-electron chi connectivity index (χ0n) is 16.6. The number of nitrogens with zero attached hydrogens (tertiary/aromatic N) is 4. The highest BCUT2D eigenvalue weighted by Crippen LogP contribution is 2.39. The SMILES string of the molecule is CCn1c(-c2ccc3c(c2)OCCO3)cnc1SC(C)c1nnc(-c2cccs2)o1. The zero-order valence-corrected chi connectivity index (χ0v) is 18.2. The molecule has 3 aromatic heterocycles. The van der Waals surface area contributed by atoms with Crippen LogP contribution in [0.25, 0.3) is 22.0 Å². The number of hydrogen-bond donors (Lipinski definition) is 0. The third-order valence-electron chi connectivity index (χ3n) is 4.78. The first-order valence-electron chi connectivity index (χ1n) is 9.72. The van der Waals surface area contributed by atoms with Crippen LogP contribution in [0.3, 0.4) is 0 Å². The normalized spacial score (nSPS) is 14.1. The Morgan fingerprint density at radius 3 is 2.83 bits per heavy atom. The van der Waals surface area contributed by atoms with Crippen molar-refractivity contribution < 1.29 is 13.9 Å². The molecule has 7 nitrogen and oxygen atoms in total. The standard InChI is InChI=1S/C21H20N4O3S2/c1-3-25-15(14-6-7-16-17(11-14)27-9-8-26-16)12-22-21(25)30-13(2)19-23-24-20(28-19)18-5-4-10-29-18/h4-7,10-13H,3,8-9H2,1-2H3. The van der Waals surface area contributed by atoms with E-state index in [2.05, 4.69) is 33.6 Å². The molecule has 30 heavy (non-hydrogen) atoms. The van der Waals surface area contributed by atoms with Crippen molar-refractivity contribution in [3.8, 4) is 33.5 Å². The maximum absolute atomic E-state index is 5.89. The molecule has 1 aliphatic rings. The molecule has 0 bridgehead atoms. The maximum atomic E-state index is 5.89. The first-order valence-corrected chi connectivity index (χ1v) is 11.5. The van der Waals surface area contributed by atoms with E-state index in [1.807, 2.05) is 41.9 Å². The van der Waals surface area contributed by atoms with Crippen molar-refractivity contribution in [2.24, 2.45) is 0 Å². The Bertz CT molecular complexity index is 1150. The van der Waals surface area contributed by atoms with Gasteiger partial charge in [-0.3, -0.25) is 0 Å². The molecule has 4 heterocycles.